The fraction of sp³-hybridized carbons (Fsp3) is 0.231. The molecule has 0 saturated carbocycles. The molecule has 0 spiro atoms. The number of nitrogens with zero attached hydrogens (tertiary/aromatic N) is 4. The molecule has 41 heavy (non-hydrogen) atoms. The number of carbonyl (C=O) groups excluding carboxylic acids is 4. The molecule has 210 valence electrons. The molecule has 0 bridgehead atoms. The Bertz CT molecular complexity index is 1440. The summed E-state index contributed by atoms with van der Waals surface area (Å²) in [5.74, 6) is -2.08. The normalized spacial score (nSPS) is 18.4. The lowest BCUT2D eigenvalue weighted by molar-refractivity contribution is -0.131. The van der Waals surface area contributed by atoms with E-state index in [4.69, 9.17) is 4.42 Å². The molecule has 0 aliphatic carbocycles. The number of nitrogens with one attached hydrogen (secondary N) is 2. The second-order valence-electron chi connectivity index (χ2n) is 9.25. The lowest BCUT2D eigenvalue weighted by Gasteiger charge is -2.19. The molecule has 2 fully saturated rings. The van der Waals surface area contributed by atoms with Gasteiger partial charge in [0.1, 0.15) is 12.1 Å². The summed E-state index contributed by atoms with van der Waals surface area (Å²) < 4.78 is 5.75. The molecule has 0 unspecified atom stereocenters. The highest BCUT2D eigenvalue weighted by atomic mass is 16.4. The fourth-order valence-corrected chi connectivity index (χ4v) is 4.64. The summed E-state index contributed by atoms with van der Waals surface area (Å²) >= 11 is 0. The minimum absolute atomic E-state index is 0.0195. The maximum atomic E-state index is 12.5. The number of carboxylic acid groups (broad SMARTS) is 2. The zero-order valence-corrected chi connectivity index (χ0v) is 21.1. The van der Waals surface area contributed by atoms with E-state index in [9.17, 15) is 39.0 Å². The van der Waals surface area contributed by atoms with Crippen molar-refractivity contribution in [3.8, 4) is 22.9 Å². The summed E-state index contributed by atoms with van der Waals surface area (Å²) in [6, 6.07) is 10.6. The van der Waals surface area contributed by atoms with Crippen LogP contribution in [0.1, 0.15) is 25.7 Å². The number of imide groups is 2. The van der Waals surface area contributed by atoms with Gasteiger partial charge in [0.2, 0.25) is 35.4 Å². The van der Waals surface area contributed by atoms with Crippen LogP contribution in [0.5, 0.6) is 0 Å². The van der Waals surface area contributed by atoms with E-state index in [2.05, 4.69) is 20.8 Å². The van der Waals surface area contributed by atoms with Crippen LogP contribution < -0.4 is 10.6 Å². The van der Waals surface area contributed by atoms with Crippen molar-refractivity contribution >= 4 is 47.2 Å². The van der Waals surface area contributed by atoms with Crippen LogP contribution in [0.25, 0.3) is 22.9 Å². The molecular weight excluding hydrogens is 540 g/mol. The molecule has 5 rings (SSSR count). The Morgan fingerprint density at radius 2 is 1.05 bits per heavy atom. The number of hydrogen-bond acceptors (Lipinski definition) is 9. The highest BCUT2D eigenvalue weighted by molar-refractivity contribution is 6.05. The van der Waals surface area contributed by atoms with Gasteiger partial charge in [-0.2, -0.15) is 0 Å². The average Bonchev–Trinajstić information content (AvgIpc) is 3.68. The van der Waals surface area contributed by atoms with Gasteiger partial charge in [0.25, 0.3) is 0 Å². The molecule has 2 aliphatic rings. The van der Waals surface area contributed by atoms with E-state index < -0.39 is 47.9 Å². The number of amides is 6. The van der Waals surface area contributed by atoms with Crippen LogP contribution in [-0.4, -0.2) is 78.1 Å². The van der Waals surface area contributed by atoms with Gasteiger partial charge in [0.05, 0.1) is 0 Å². The number of carbonyl (C=O) groups is 6. The van der Waals surface area contributed by atoms with E-state index in [0.29, 0.717) is 32.3 Å². The topological polar surface area (TPSA) is 212 Å². The van der Waals surface area contributed by atoms with Crippen molar-refractivity contribution in [1.29, 1.82) is 0 Å². The van der Waals surface area contributed by atoms with E-state index >= 15 is 0 Å². The van der Waals surface area contributed by atoms with Crippen LogP contribution in [0, 0.1) is 0 Å². The lowest BCUT2D eigenvalue weighted by atomic mass is 10.1. The number of likely N-dealkylation sites (tertiary alicyclic amines) is 2. The van der Waals surface area contributed by atoms with Crippen LogP contribution in [0.4, 0.5) is 21.0 Å². The fourth-order valence-electron chi connectivity index (χ4n) is 4.64. The molecule has 15 heteroatoms. The number of rotatable bonds is 6. The first-order chi connectivity index (χ1) is 19.6. The van der Waals surface area contributed by atoms with Crippen molar-refractivity contribution in [2.45, 2.75) is 37.8 Å². The molecule has 3 heterocycles. The smallest absolute Gasteiger partial charge is 0.414 e. The molecule has 3 aromatic rings. The Kier molecular flexibility index (Phi) is 7.16. The van der Waals surface area contributed by atoms with Crippen LogP contribution in [0.2, 0.25) is 0 Å². The summed E-state index contributed by atoms with van der Waals surface area (Å²) in [5.41, 5.74) is 1.86. The minimum Gasteiger partial charge on any atom is -0.465 e. The molecule has 2 aromatic carbocycles. The van der Waals surface area contributed by atoms with Crippen molar-refractivity contribution in [2.24, 2.45) is 0 Å². The van der Waals surface area contributed by atoms with Crippen LogP contribution in [0.3, 0.4) is 0 Å². The molecule has 2 atom stereocenters. The van der Waals surface area contributed by atoms with Gasteiger partial charge in [-0.25, -0.2) is 19.4 Å². The second kappa shape index (κ2) is 10.9. The zero-order chi connectivity index (χ0) is 29.3. The van der Waals surface area contributed by atoms with Gasteiger partial charge in [0.15, 0.2) is 0 Å². The molecule has 2 saturated heterocycles. The summed E-state index contributed by atoms with van der Waals surface area (Å²) in [6.45, 7) is 0. The van der Waals surface area contributed by atoms with Crippen molar-refractivity contribution < 1.29 is 43.4 Å². The third kappa shape index (κ3) is 5.45. The quantitative estimate of drug-likeness (QED) is 0.343. The zero-order valence-electron chi connectivity index (χ0n) is 21.1. The van der Waals surface area contributed by atoms with Crippen LogP contribution in [-0.2, 0) is 19.2 Å². The first-order valence-electron chi connectivity index (χ1n) is 12.4. The Morgan fingerprint density at radius 3 is 1.39 bits per heavy atom. The van der Waals surface area contributed by atoms with E-state index in [1.165, 1.54) is 0 Å². The van der Waals surface area contributed by atoms with Crippen molar-refractivity contribution in [1.82, 2.24) is 20.0 Å². The third-order valence-corrected chi connectivity index (χ3v) is 6.67. The lowest BCUT2D eigenvalue weighted by Crippen LogP contribution is -2.44. The SMILES string of the molecule is O=C(Nc1ccc(-c2nnc(-c3ccc(NC(=O)[C@@H]4CCC(=O)N4C(=O)O)cc3)o2)cc1)[C@@H]1CCC(=O)N1C(=O)O. The maximum absolute atomic E-state index is 12.5. The highest BCUT2D eigenvalue weighted by Crippen LogP contribution is 2.27. The molecule has 15 nitrogen and oxygen atoms in total. The number of hydrogen-bond donors (Lipinski definition) is 4. The Balaban J connectivity index is 1.21. The van der Waals surface area contributed by atoms with E-state index in [1.807, 2.05) is 0 Å². The van der Waals surface area contributed by atoms with Gasteiger partial charge in [-0.05, 0) is 61.4 Å². The largest absolute Gasteiger partial charge is 0.465 e. The average molecular weight is 562 g/mol. The van der Waals surface area contributed by atoms with Gasteiger partial charge in [-0.3, -0.25) is 19.2 Å². The molecule has 0 radical (unpaired) electrons. The van der Waals surface area contributed by atoms with Crippen molar-refractivity contribution in [2.75, 3.05) is 10.6 Å². The molecule has 6 amide bonds. The van der Waals surface area contributed by atoms with Gasteiger partial charge < -0.3 is 25.3 Å². The Labute approximate surface area is 230 Å². The van der Waals surface area contributed by atoms with Gasteiger partial charge in [-0.1, -0.05) is 0 Å². The molecule has 4 N–H and O–H groups in total. The van der Waals surface area contributed by atoms with Crippen LogP contribution >= 0.6 is 0 Å². The van der Waals surface area contributed by atoms with E-state index in [-0.39, 0.29) is 37.5 Å². The first kappa shape index (κ1) is 27.0. The summed E-state index contributed by atoms with van der Waals surface area (Å²) in [4.78, 5) is 72.2. The van der Waals surface area contributed by atoms with Gasteiger partial charge >= 0.3 is 12.2 Å². The monoisotopic (exact) mass is 562 g/mol. The van der Waals surface area contributed by atoms with Gasteiger partial charge in [-0.15, -0.1) is 10.2 Å². The summed E-state index contributed by atoms with van der Waals surface area (Å²) in [6.07, 6.45) is -2.76. The molecule has 1 aromatic heterocycles. The van der Waals surface area contributed by atoms with E-state index in [1.54, 1.807) is 48.5 Å². The molecule has 2 aliphatic heterocycles. The third-order valence-electron chi connectivity index (χ3n) is 6.67. The van der Waals surface area contributed by atoms with Gasteiger partial charge in [0, 0.05) is 35.3 Å². The first-order valence-corrected chi connectivity index (χ1v) is 12.4. The second-order valence-corrected chi connectivity index (χ2v) is 9.25. The Morgan fingerprint density at radius 1 is 0.683 bits per heavy atom. The predicted octanol–water partition coefficient (Wildman–Crippen LogP) is 2.62. The van der Waals surface area contributed by atoms with Crippen molar-refractivity contribution in [3.05, 3.63) is 48.5 Å². The summed E-state index contributed by atoms with van der Waals surface area (Å²) in [5, 5.41) is 31.7. The van der Waals surface area contributed by atoms with Crippen LogP contribution in [0.15, 0.2) is 52.9 Å². The highest BCUT2D eigenvalue weighted by Gasteiger charge is 2.41. The van der Waals surface area contributed by atoms with Crippen molar-refractivity contribution in [3.63, 3.8) is 0 Å². The number of anilines is 2. The standard InChI is InChI=1S/C26H22N6O9/c33-19-11-9-17(31(19)25(37)38)21(35)27-15-5-1-13(2-6-15)23-29-30-24(41-23)14-3-7-16(8-4-14)28-22(36)18-10-12-20(34)32(18)26(39)40/h1-8,17-18H,9-12H2,(H,27,35)(H,28,36)(H,37,38)(H,39,40)/t17-,18-/m0/s1. The number of aromatic nitrogens is 2. The predicted molar refractivity (Wildman–Crippen MR) is 138 cm³/mol. The Hall–Kier alpha value is -5.60. The van der Waals surface area contributed by atoms with E-state index in [0.717, 1.165) is 0 Å². The molecular formula is C26H22N6O9. The maximum Gasteiger partial charge on any atom is 0.414 e. The number of benzene rings is 2. The minimum atomic E-state index is -1.47. The summed E-state index contributed by atoms with van der Waals surface area (Å²) in [7, 11) is 0.